The van der Waals surface area contributed by atoms with E-state index in [0.29, 0.717) is 23.9 Å². The second kappa shape index (κ2) is 8.22. The highest BCUT2D eigenvalue weighted by Gasteiger charge is 2.17. The number of hydrogen-bond acceptors (Lipinski definition) is 6. The fourth-order valence-corrected chi connectivity index (χ4v) is 3.95. The van der Waals surface area contributed by atoms with Crippen LogP contribution in [-0.2, 0) is 6.54 Å². The Hall–Kier alpha value is -2.25. The number of aromatic nitrogens is 2. The number of carbonyl (C=O) groups is 1. The summed E-state index contributed by atoms with van der Waals surface area (Å²) in [5.41, 5.74) is 2.67. The van der Waals surface area contributed by atoms with Crippen molar-refractivity contribution in [2.45, 2.75) is 26.8 Å². The lowest BCUT2D eigenvalue weighted by molar-refractivity contribution is 0.0954. The molecule has 3 aromatic rings. The third kappa shape index (κ3) is 4.24. The minimum atomic E-state index is -0.123. The van der Waals surface area contributed by atoms with Gasteiger partial charge in [-0.3, -0.25) is 4.79 Å². The molecule has 0 spiro atoms. The number of rotatable bonds is 7. The number of thiophene rings is 1. The molecule has 0 aliphatic rings. The molecule has 1 amide bonds. The summed E-state index contributed by atoms with van der Waals surface area (Å²) in [4.78, 5) is 21.9. The number of aryl methyl sites for hydroxylation is 1. The average molecular weight is 374 g/mol. The first-order valence-corrected chi connectivity index (χ1v) is 9.80. The Morgan fingerprint density at radius 1 is 1.36 bits per heavy atom. The van der Waals surface area contributed by atoms with Crippen LogP contribution in [0.3, 0.4) is 0 Å². The van der Waals surface area contributed by atoms with Gasteiger partial charge in [-0.1, -0.05) is 13.0 Å². The zero-order valence-corrected chi connectivity index (χ0v) is 15.7. The Kier molecular flexibility index (Phi) is 5.78. The second-order valence-electron chi connectivity index (χ2n) is 5.44. The summed E-state index contributed by atoms with van der Waals surface area (Å²) in [6.07, 6.45) is 2.60. The first-order chi connectivity index (χ1) is 12.2. The monoisotopic (exact) mass is 373 g/mol. The molecule has 0 aliphatic carbocycles. The molecule has 1 N–H and O–H groups in total. The van der Waals surface area contributed by atoms with Crippen LogP contribution in [0.5, 0.6) is 5.88 Å². The van der Waals surface area contributed by atoms with Crippen LogP contribution in [0.15, 0.2) is 35.2 Å². The molecular formula is C18H19N3O2S2. The second-order valence-corrected chi connectivity index (χ2v) is 7.22. The van der Waals surface area contributed by atoms with Crippen LogP contribution in [0.2, 0.25) is 0 Å². The van der Waals surface area contributed by atoms with Gasteiger partial charge in [0.15, 0.2) is 0 Å². The minimum Gasteiger partial charge on any atom is -0.477 e. The molecular weight excluding hydrogens is 354 g/mol. The first kappa shape index (κ1) is 17.6. The standard InChI is InChI=1S/C18H19N3O2S2/c1-3-8-23-17-13(5-4-7-19-17)10-20-16(22)15-12(2)21-18(25-15)14-6-9-24-11-14/h4-7,9,11H,3,8,10H2,1-2H3,(H,20,22). The lowest BCUT2D eigenvalue weighted by Crippen LogP contribution is -2.23. The van der Waals surface area contributed by atoms with E-state index in [2.05, 4.69) is 15.3 Å². The van der Waals surface area contributed by atoms with E-state index in [4.69, 9.17) is 4.74 Å². The number of amides is 1. The van der Waals surface area contributed by atoms with Crippen molar-refractivity contribution in [2.24, 2.45) is 0 Å². The number of nitrogens with zero attached hydrogens (tertiary/aromatic N) is 2. The fourth-order valence-electron chi connectivity index (χ4n) is 2.26. The molecule has 0 fully saturated rings. The molecule has 0 saturated carbocycles. The molecule has 0 radical (unpaired) electrons. The topological polar surface area (TPSA) is 64.1 Å². The highest BCUT2D eigenvalue weighted by molar-refractivity contribution is 7.17. The van der Waals surface area contributed by atoms with Crippen molar-refractivity contribution in [1.29, 1.82) is 0 Å². The Labute approximate surface area is 154 Å². The molecule has 3 heterocycles. The summed E-state index contributed by atoms with van der Waals surface area (Å²) in [5.74, 6) is 0.450. The van der Waals surface area contributed by atoms with E-state index in [0.717, 1.165) is 28.2 Å². The zero-order chi connectivity index (χ0) is 17.6. The predicted octanol–water partition coefficient (Wildman–Crippen LogP) is 4.29. The van der Waals surface area contributed by atoms with Crippen LogP contribution in [0.1, 0.15) is 34.3 Å². The summed E-state index contributed by atoms with van der Waals surface area (Å²) in [7, 11) is 0. The fraction of sp³-hybridized carbons (Fsp3) is 0.278. The van der Waals surface area contributed by atoms with Gasteiger partial charge in [0.2, 0.25) is 5.88 Å². The van der Waals surface area contributed by atoms with Crippen molar-refractivity contribution in [3.05, 3.63) is 51.3 Å². The minimum absolute atomic E-state index is 0.123. The van der Waals surface area contributed by atoms with Gasteiger partial charge in [0.05, 0.1) is 12.3 Å². The van der Waals surface area contributed by atoms with Crippen LogP contribution >= 0.6 is 22.7 Å². The Balaban J connectivity index is 1.69. The summed E-state index contributed by atoms with van der Waals surface area (Å²) < 4.78 is 5.63. The van der Waals surface area contributed by atoms with Gasteiger partial charge in [-0.05, 0) is 30.9 Å². The van der Waals surface area contributed by atoms with E-state index in [1.807, 2.05) is 42.8 Å². The van der Waals surface area contributed by atoms with Crippen molar-refractivity contribution in [2.75, 3.05) is 6.61 Å². The maximum absolute atomic E-state index is 12.5. The third-order valence-corrected chi connectivity index (χ3v) is 5.39. The molecule has 130 valence electrons. The van der Waals surface area contributed by atoms with Crippen molar-refractivity contribution >= 4 is 28.6 Å². The zero-order valence-electron chi connectivity index (χ0n) is 14.1. The van der Waals surface area contributed by atoms with E-state index in [1.54, 1.807) is 17.5 Å². The molecule has 0 unspecified atom stereocenters. The van der Waals surface area contributed by atoms with Crippen LogP contribution < -0.4 is 10.1 Å². The van der Waals surface area contributed by atoms with Gasteiger partial charge in [0.1, 0.15) is 9.88 Å². The Morgan fingerprint density at radius 3 is 3.00 bits per heavy atom. The van der Waals surface area contributed by atoms with Gasteiger partial charge in [-0.2, -0.15) is 11.3 Å². The van der Waals surface area contributed by atoms with Gasteiger partial charge >= 0.3 is 0 Å². The first-order valence-electron chi connectivity index (χ1n) is 8.04. The van der Waals surface area contributed by atoms with E-state index in [-0.39, 0.29) is 5.91 Å². The molecule has 0 bridgehead atoms. The maximum atomic E-state index is 12.5. The quantitative estimate of drug-likeness (QED) is 0.671. The highest BCUT2D eigenvalue weighted by Crippen LogP contribution is 2.29. The molecule has 0 saturated heterocycles. The molecule has 5 nitrogen and oxygen atoms in total. The Morgan fingerprint density at radius 2 is 2.24 bits per heavy atom. The highest BCUT2D eigenvalue weighted by atomic mass is 32.1. The van der Waals surface area contributed by atoms with Crippen molar-refractivity contribution in [3.8, 4) is 16.5 Å². The summed E-state index contributed by atoms with van der Waals surface area (Å²) >= 11 is 3.03. The SMILES string of the molecule is CCCOc1ncccc1CNC(=O)c1sc(-c2ccsc2)nc1C. The lowest BCUT2D eigenvalue weighted by atomic mass is 10.2. The molecule has 0 atom stereocenters. The van der Waals surface area contributed by atoms with Crippen LogP contribution in [0, 0.1) is 6.92 Å². The van der Waals surface area contributed by atoms with Gasteiger partial charge in [-0.25, -0.2) is 9.97 Å². The van der Waals surface area contributed by atoms with Crippen LogP contribution in [-0.4, -0.2) is 22.5 Å². The van der Waals surface area contributed by atoms with Gasteiger partial charge in [0.25, 0.3) is 5.91 Å². The van der Waals surface area contributed by atoms with E-state index in [9.17, 15) is 4.79 Å². The van der Waals surface area contributed by atoms with Gasteiger partial charge in [0, 0.05) is 29.2 Å². The number of ether oxygens (including phenoxy) is 1. The molecule has 0 aromatic carbocycles. The summed E-state index contributed by atoms with van der Waals surface area (Å²) in [5, 5.41) is 7.86. The molecule has 25 heavy (non-hydrogen) atoms. The van der Waals surface area contributed by atoms with Crippen molar-refractivity contribution in [3.63, 3.8) is 0 Å². The maximum Gasteiger partial charge on any atom is 0.263 e. The molecule has 3 aromatic heterocycles. The molecule has 7 heteroatoms. The van der Waals surface area contributed by atoms with Gasteiger partial charge in [-0.15, -0.1) is 11.3 Å². The van der Waals surface area contributed by atoms with Crippen molar-refractivity contribution < 1.29 is 9.53 Å². The van der Waals surface area contributed by atoms with Crippen molar-refractivity contribution in [1.82, 2.24) is 15.3 Å². The van der Waals surface area contributed by atoms with E-state index in [1.165, 1.54) is 11.3 Å². The molecule has 0 aliphatic heterocycles. The number of pyridine rings is 1. The Bertz CT molecular complexity index is 844. The summed E-state index contributed by atoms with van der Waals surface area (Å²) in [6.45, 7) is 4.88. The number of hydrogen-bond donors (Lipinski definition) is 1. The average Bonchev–Trinajstić information content (AvgIpc) is 3.28. The summed E-state index contributed by atoms with van der Waals surface area (Å²) in [6, 6.07) is 5.76. The molecule has 3 rings (SSSR count). The smallest absolute Gasteiger partial charge is 0.263 e. The van der Waals surface area contributed by atoms with Crippen LogP contribution in [0.25, 0.3) is 10.6 Å². The number of carbonyl (C=O) groups excluding carboxylic acids is 1. The normalized spacial score (nSPS) is 10.6. The largest absolute Gasteiger partial charge is 0.477 e. The predicted molar refractivity (Wildman–Crippen MR) is 101 cm³/mol. The number of nitrogens with one attached hydrogen (secondary N) is 1. The van der Waals surface area contributed by atoms with E-state index < -0.39 is 0 Å². The van der Waals surface area contributed by atoms with Gasteiger partial charge < -0.3 is 10.1 Å². The lowest BCUT2D eigenvalue weighted by Gasteiger charge is -2.10. The third-order valence-electron chi connectivity index (χ3n) is 3.50. The van der Waals surface area contributed by atoms with Crippen LogP contribution in [0.4, 0.5) is 0 Å². The van der Waals surface area contributed by atoms with E-state index >= 15 is 0 Å². The number of thiazole rings is 1.